The van der Waals surface area contributed by atoms with E-state index in [-0.39, 0.29) is 31.5 Å². The zero-order chi connectivity index (χ0) is 13.0. The van der Waals surface area contributed by atoms with Crippen molar-refractivity contribution in [1.82, 2.24) is 14.5 Å². The third kappa shape index (κ3) is 3.07. The van der Waals surface area contributed by atoms with E-state index in [4.69, 9.17) is 9.84 Å². The van der Waals surface area contributed by atoms with Crippen LogP contribution in [0.15, 0.2) is 18.7 Å². The molecule has 7 nitrogen and oxygen atoms in total. The number of carbonyl (C=O) groups is 2. The summed E-state index contributed by atoms with van der Waals surface area (Å²) >= 11 is 0. The molecule has 1 fully saturated rings. The highest BCUT2D eigenvalue weighted by Crippen LogP contribution is 2.11. The van der Waals surface area contributed by atoms with E-state index in [0.717, 1.165) is 0 Å². The van der Waals surface area contributed by atoms with Gasteiger partial charge in [-0.15, -0.1) is 0 Å². The highest BCUT2D eigenvalue weighted by atomic mass is 16.5. The molecule has 0 spiro atoms. The summed E-state index contributed by atoms with van der Waals surface area (Å²) in [6.45, 7) is 1.34. The molecule has 1 amide bonds. The van der Waals surface area contributed by atoms with Gasteiger partial charge in [0.05, 0.1) is 32.0 Å². The maximum absolute atomic E-state index is 12.1. The smallest absolute Gasteiger partial charge is 0.305 e. The van der Waals surface area contributed by atoms with Gasteiger partial charge in [0.1, 0.15) is 6.54 Å². The fraction of sp³-hybridized carbons (Fsp3) is 0.545. The molecule has 2 heterocycles. The average Bonchev–Trinajstić information content (AvgIpc) is 2.81. The monoisotopic (exact) mass is 253 g/mol. The molecule has 0 bridgehead atoms. The first-order chi connectivity index (χ1) is 8.66. The largest absolute Gasteiger partial charge is 0.481 e. The van der Waals surface area contributed by atoms with Crippen molar-refractivity contribution in [1.29, 1.82) is 0 Å². The number of carboxylic acids is 1. The lowest BCUT2D eigenvalue weighted by atomic mass is 10.1. The normalized spacial score (nSPS) is 19.8. The van der Waals surface area contributed by atoms with Gasteiger partial charge in [0, 0.05) is 18.9 Å². The summed E-state index contributed by atoms with van der Waals surface area (Å²) in [5.41, 5.74) is 0. The van der Waals surface area contributed by atoms with E-state index < -0.39 is 5.97 Å². The number of aromatic nitrogens is 2. The van der Waals surface area contributed by atoms with Crippen LogP contribution in [-0.4, -0.2) is 57.2 Å². The molecule has 1 N–H and O–H groups in total. The molecule has 1 aromatic rings. The van der Waals surface area contributed by atoms with Crippen molar-refractivity contribution in [3.05, 3.63) is 18.7 Å². The molecule has 18 heavy (non-hydrogen) atoms. The van der Waals surface area contributed by atoms with Crippen molar-refractivity contribution in [2.45, 2.75) is 19.0 Å². The van der Waals surface area contributed by atoms with Crippen LogP contribution in [0.3, 0.4) is 0 Å². The van der Waals surface area contributed by atoms with Gasteiger partial charge in [0.15, 0.2) is 0 Å². The van der Waals surface area contributed by atoms with E-state index in [1.807, 2.05) is 0 Å². The molecule has 0 saturated carbocycles. The summed E-state index contributed by atoms with van der Waals surface area (Å²) in [5.74, 6) is -1.03. The lowest BCUT2D eigenvalue weighted by Gasteiger charge is -2.34. The van der Waals surface area contributed by atoms with Crippen LogP contribution in [0.1, 0.15) is 6.42 Å². The molecule has 0 aliphatic carbocycles. The molecular weight excluding hydrogens is 238 g/mol. The third-order valence-corrected chi connectivity index (χ3v) is 2.84. The molecular formula is C11H15N3O4. The third-order valence-electron chi connectivity index (χ3n) is 2.84. The Morgan fingerprint density at radius 3 is 3.00 bits per heavy atom. The van der Waals surface area contributed by atoms with Gasteiger partial charge in [-0.1, -0.05) is 0 Å². The molecule has 1 atom stereocenters. The van der Waals surface area contributed by atoms with Crippen LogP contribution >= 0.6 is 0 Å². The molecule has 1 aliphatic heterocycles. The van der Waals surface area contributed by atoms with Gasteiger partial charge < -0.3 is 19.3 Å². The van der Waals surface area contributed by atoms with E-state index in [0.29, 0.717) is 13.2 Å². The Balaban J connectivity index is 1.99. The molecule has 1 aliphatic rings. The van der Waals surface area contributed by atoms with Gasteiger partial charge in [-0.2, -0.15) is 0 Å². The van der Waals surface area contributed by atoms with E-state index in [1.54, 1.807) is 28.2 Å². The van der Waals surface area contributed by atoms with Gasteiger partial charge in [-0.05, 0) is 0 Å². The Morgan fingerprint density at radius 2 is 2.33 bits per heavy atom. The quantitative estimate of drug-likeness (QED) is 0.788. The molecule has 7 heteroatoms. The van der Waals surface area contributed by atoms with Crippen molar-refractivity contribution >= 4 is 11.9 Å². The van der Waals surface area contributed by atoms with Crippen molar-refractivity contribution in [2.24, 2.45) is 0 Å². The minimum Gasteiger partial charge on any atom is -0.481 e. The minimum atomic E-state index is -0.925. The lowest BCUT2D eigenvalue weighted by molar-refractivity contribution is -0.146. The van der Waals surface area contributed by atoms with Crippen LogP contribution in [0.5, 0.6) is 0 Å². The highest BCUT2D eigenvalue weighted by molar-refractivity contribution is 5.77. The van der Waals surface area contributed by atoms with Crippen molar-refractivity contribution in [2.75, 3.05) is 19.8 Å². The maximum Gasteiger partial charge on any atom is 0.305 e. The van der Waals surface area contributed by atoms with Crippen LogP contribution in [0.2, 0.25) is 0 Å². The number of morpholine rings is 1. The summed E-state index contributed by atoms with van der Waals surface area (Å²) in [6.07, 6.45) is 4.77. The second-order valence-corrected chi connectivity index (χ2v) is 4.15. The number of imidazole rings is 1. The molecule has 0 aromatic carbocycles. The molecule has 1 saturated heterocycles. The summed E-state index contributed by atoms with van der Waals surface area (Å²) in [7, 11) is 0. The maximum atomic E-state index is 12.1. The van der Waals surface area contributed by atoms with E-state index in [2.05, 4.69) is 4.98 Å². The molecule has 0 unspecified atom stereocenters. The van der Waals surface area contributed by atoms with Crippen LogP contribution in [0.4, 0.5) is 0 Å². The molecule has 0 radical (unpaired) electrons. The second kappa shape index (κ2) is 5.63. The Morgan fingerprint density at radius 1 is 1.50 bits per heavy atom. The Hall–Kier alpha value is -1.89. The number of rotatable bonds is 4. The average molecular weight is 253 g/mol. The summed E-state index contributed by atoms with van der Waals surface area (Å²) < 4.78 is 6.88. The first kappa shape index (κ1) is 12.6. The predicted molar refractivity (Wildman–Crippen MR) is 60.8 cm³/mol. The number of carbonyl (C=O) groups excluding carboxylic acids is 1. The Labute approximate surface area is 104 Å². The highest BCUT2D eigenvalue weighted by Gasteiger charge is 2.28. The summed E-state index contributed by atoms with van der Waals surface area (Å²) in [6, 6.07) is -0.382. The first-order valence-electron chi connectivity index (χ1n) is 5.71. The first-order valence-corrected chi connectivity index (χ1v) is 5.71. The molecule has 1 aromatic heterocycles. The Kier molecular flexibility index (Phi) is 3.93. The Bertz CT molecular complexity index is 418. The number of nitrogens with zero attached hydrogens (tertiary/aromatic N) is 3. The number of amides is 1. The van der Waals surface area contributed by atoms with Gasteiger partial charge >= 0.3 is 5.97 Å². The van der Waals surface area contributed by atoms with Crippen molar-refractivity contribution < 1.29 is 19.4 Å². The number of hydrogen-bond donors (Lipinski definition) is 1. The van der Waals surface area contributed by atoms with Crippen LogP contribution < -0.4 is 0 Å². The number of aliphatic carboxylic acids is 1. The molecule has 98 valence electrons. The predicted octanol–water partition coefficient (Wildman–Crippen LogP) is -0.415. The minimum absolute atomic E-state index is 0.0876. The number of hydrogen-bond acceptors (Lipinski definition) is 4. The molecule has 2 rings (SSSR count). The lowest BCUT2D eigenvalue weighted by Crippen LogP contribution is -2.50. The zero-order valence-corrected chi connectivity index (χ0v) is 9.86. The fourth-order valence-electron chi connectivity index (χ4n) is 1.98. The number of ether oxygens (including phenoxy) is 1. The fourth-order valence-corrected chi connectivity index (χ4v) is 1.98. The van der Waals surface area contributed by atoms with Gasteiger partial charge in [0.2, 0.25) is 5.91 Å². The van der Waals surface area contributed by atoms with Crippen molar-refractivity contribution in [3.63, 3.8) is 0 Å². The van der Waals surface area contributed by atoms with E-state index in [9.17, 15) is 9.59 Å². The summed E-state index contributed by atoms with van der Waals surface area (Å²) in [4.78, 5) is 28.3. The number of carboxylic acid groups (broad SMARTS) is 1. The summed E-state index contributed by atoms with van der Waals surface area (Å²) in [5, 5.41) is 8.81. The van der Waals surface area contributed by atoms with Crippen molar-refractivity contribution in [3.8, 4) is 0 Å². The van der Waals surface area contributed by atoms with Gasteiger partial charge in [-0.3, -0.25) is 9.59 Å². The van der Waals surface area contributed by atoms with Crippen LogP contribution in [0, 0.1) is 0 Å². The topological polar surface area (TPSA) is 84.7 Å². The second-order valence-electron chi connectivity index (χ2n) is 4.15. The van der Waals surface area contributed by atoms with E-state index >= 15 is 0 Å². The van der Waals surface area contributed by atoms with E-state index in [1.165, 1.54) is 0 Å². The van der Waals surface area contributed by atoms with Gasteiger partial charge in [0.25, 0.3) is 0 Å². The SMILES string of the molecule is O=C(O)C[C@@H]1COCCN1C(=O)Cn1ccnc1. The zero-order valence-electron chi connectivity index (χ0n) is 9.86. The standard InChI is InChI=1S/C11H15N3O4/c15-10(6-13-2-1-12-8-13)14-3-4-18-7-9(14)5-11(16)17/h1-2,8-9H,3-7H2,(H,16,17)/t9-/m1/s1. The van der Waals surface area contributed by atoms with Crippen LogP contribution in [0.25, 0.3) is 0 Å². The van der Waals surface area contributed by atoms with Gasteiger partial charge in [-0.25, -0.2) is 4.98 Å². The van der Waals surface area contributed by atoms with Crippen LogP contribution in [-0.2, 0) is 20.9 Å².